The molecule has 0 aliphatic rings. The lowest BCUT2D eigenvalue weighted by Crippen LogP contribution is -2.17. The summed E-state index contributed by atoms with van der Waals surface area (Å²) < 4.78 is 5.35. The van der Waals surface area contributed by atoms with Gasteiger partial charge in [-0.3, -0.25) is 9.59 Å². The van der Waals surface area contributed by atoms with Gasteiger partial charge in [-0.1, -0.05) is 80.4 Å². The van der Waals surface area contributed by atoms with Gasteiger partial charge in [0.15, 0.2) is 5.78 Å². The fraction of sp³-hybridized carbons (Fsp3) is 0.179. The van der Waals surface area contributed by atoms with E-state index < -0.39 is 17.7 Å². The molecule has 0 aromatic heterocycles. The maximum Gasteiger partial charge on any atom is 0.342 e. The van der Waals surface area contributed by atoms with E-state index in [4.69, 9.17) is 4.74 Å². The predicted molar refractivity (Wildman–Crippen MR) is 131 cm³/mol. The number of rotatable bonds is 10. The van der Waals surface area contributed by atoms with Gasteiger partial charge in [-0.2, -0.15) is 0 Å². The highest BCUT2D eigenvalue weighted by Gasteiger charge is 2.21. The van der Waals surface area contributed by atoms with Crippen LogP contribution in [0.2, 0.25) is 0 Å². The first kappa shape index (κ1) is 24.5. The van der Waals surface area contributed by atoms with Gasteiger partial charge in [-0.15, -0.1) is 10.2 Å². The molecule has 3 rings (SSSR count). The van der Waals surface area contributed by atoms with E-state index >= 15 is 0 Å². The number of nitrogens with zero attached hydrogens (tertiary/aromatic N) is 2. The van der Waals surface area contributed by atoms with Crippen molar-refractivity contribution in [3.05, 3.63) is 107 Å². The molecule has 0 saturated carbocycles. The van der Waals surface area contributed by atoms with E-state index in [9.17, 15) is 14.4 Å². The second kappa shape index (κ2) is 12.7. The molecule has 0 heterocycles. The van der Waals surface area contributed by atoms with Crippen LogP contribution in [-0.2, 0) is 9.53 Å². The molecular formula is C28H26N2O4. The van der Waals surface area contributed by atoms with Gasteiger partial charge in [-0.25, -0.2) is 4.79 Å². The Morgan fingerprint density at radius 3 is 2.09 bits per heavy atom. The van der Waals surface area contributed by atoms with Gasteiger partial charge in [0.25, 0.3) is 5.91 Å². The van der Waals surface area contributed by atoms with Gasteiger partial charge in [-0.05, 0) is 42.3 Å². The number of hydrogen-bond acceptors (Lipinski definition) is 5. The van der Waals surface area contributed by atoms with Crippen LogP contribution in [0.25, 0.3) is 6.08 Å². The molecule has 0 spiro atoms. The third-order valence-electron chi connectivity index (χ3n) is 4.96. The van der Waals surface area contributed by atoms with Crippen molar-refractivity contribution in [2.45, 2.75) is 26.2 Å². The van der Waals surface area contributed by atoms with E-state index in [0.29, 0.717) is 22.4 Å². The number of amides is 1. The van der Waals surface area contributed by atoms with E-state index in [2.05, 4.69) is 17.2 Å². The van der Waals surface area contributed by atoms with Crippen LogP contribution in [0.4, 0.5) is 5.69 Å². The molecule has 6 nitrogen and oxygen atoms in total. The number of Topliss-reactive ketones (excluding diaryl/α,β-unsaturated/α-hetero) is 1. The van der Waals surface area contributed by atoms with Gasteiger partial charge < -0.3 is 4.74 Å². The maximum atomic E-state index is 13.0. The monoisotopic (exact) mass is 454 g/mol. The topological polar surface area (TPSA) is 85.2 Å². The number of benzene rings is 3. The Balaban J connectivity index is 1.79. The van der Waals surface area contributed by atoms with Crippen molar-refractivity contribution in [2.24, 2.45) is 10.2 Å². The molecule has 0 aliphatic carbocycles. The Morgan fingerprint density at radius 1 is 0.794 bits per heavy atom. The van der Waals surface area contributed by atoms with Gasteiger partial charge in [0.1, 0.15) is 5.57 Å². The van der Waals surface area contributed by atoms with Crippen LogP contribution in [0.5, 0.6) is 0 Å². The minimum absolute atomic E-state index is 0.0643. The molecule has 0 unspecified atom stereocenters. The normalized spacial score (nSPS) is 11.4. The molecule has 0 aliphatic heterocycles. The van der Waals surface area contributed by atoms with Crippen LogP contribution in [0, 0.1) is 0 Å². The number of ketones is 1. The standard InChI is InChI=1S/C28H26N2O4/c1-2-3-10-19-34-28(33)25(26(31)22-11-6-4-7-12-22)20-21-15-17-23(18-16-21)27(32)30-29-24-13-8-5-9-14-24/h4-9,11-18,20H,2-3,10,19H2,1H3. The predicted octanol–water partition coefficient (Wildman–Crippen LogP) is 6.61. The first-order valence-corrected chi connectivity index (χ1v) is 11.2. The zero-order chi connectivity index (χ0) is 24.2. The lowest BCUT2D eigenvalue weighted by Gasteiger charge is -2.08. The lowest BCUT2D eigenvalue weighted by atomic mass is 10.0. The van der Waals surface area contributed by atoms with Crippen molar-refractivity contribution in [1.82, 2.24) is 0 Å². The molecule has 6 heteroatoms. The van der Waals surface area contributed by atoms with Crippen LogP contribution >= 0.6 is 0 Å². The molecule has 0 fully saturated rings. The number of carbonyl (C=O) groups excluding carboxylic acids is 3. The average molecular weight is 455 g/mol. The molecule has 3 aromatic carbocycles. The molecule has 0 N–H and O–H groups in total. The average Bonchev–Trinajstić information content (AvgIpc) is 2.89. The van der Waals surface area contributed by atoms with Crippen LogP contribution < -0.4 is 0 Å². The first-order valence-electron chi connectivity index (χ1n) is 11.2. The number of azo groups is 1. The molecule has 0 bridgehead atoms. The smallest absolute Gasteiger partial charge is 0.342 e. The quantitative estimate of drug-likeness (QED) is 0.0656. The van der Waals surface area contributed by atoms with E-state index in [1.807, 2.05) is 18.2 Å². The molecule has 0 radical (unpaired) electrons. The third-order valence-corrected chi connectivity index (χ3v) is 4.96. The molecule has 34 heavy (non-hydrogen) atoms. The Hall–Kier alpha value is -4.19. The summed E-state index contributed by atoms with van der Waals surface area (Å²) in [6.45, 7) is 2.31. The molecule has 3 aromatic rings. The largest absolute Gasteiger partial charge is 0.462 e. The third kappa shape index (κ3) is 7.17. The zero-order valence-electron chi connectivity index (χ0n) is 19.0. The van der Waals surface area contributed by atoms with E-state index in [0.717, 1.165) is 19.3 Å². The molecule has 0 atom stereocenters. The van der Waals surface area contributed by atoms with Crippen molar-refractivity contribution < 1.29 is 19.1 Å². The SMILES string of the molecule is CCCCCOC(=O)C(=Cc1ccc(C(=O)N=Nc2ccccc2)cc1)C(=O)c1ccccc1. The summed E-state index contributed by atoms with van der Waals surface area (Å²) in [5, 5.41) is 7.68. The van der Waals surface area contributed by atoms with E-state index in [1.165, 1.54) is 6.08 Å². The summed E-state index contributed by atoms with van der Waals surface area (Å²) in [7, 11) is 0. The Labute approximate surface area is 199 Å². The van der Waals surface area contributed by atoms with E-state index in [1.54, 1.807) is 66.7 Å². The highest BCUT2D eigenvalue weighted by molar-refractivity contribution is 6.26. The molecule has 1 amide bonds. The zero-order valence-corrected chi connectivity index (χ0v) is 19.0. The number of hydrogen-bond donors (Lipinski definition) is 0. The molecular weight excluding hydrogens is 428 g/mol. The summed E-state index contributed by atoms with van der Waals surface area (Å²) in [4.78, 5) is 38.1. The minimum Gasteiger partial charge on any atom is -0.462 e. The van der Waals surface area contributed by atoms with Crippen molar-refractivity contribution >= 4 is 29.4 Å². The summed E-state index contributed by atoms with van der Waals surface area (Å²) in [6.07, 6.45) is 4.16. The molecule has 0 saturated heterocycles. The van der Waals surface area contributed by atoms with Gasteiger partial charge in [0, 0.05) is 11.1 Å². The highest BCUT2D eigenvalue weighted by atomic mass is 16.5. The summed E-state index contributed by atoms with van der Waals surface area (Å²) >= 11 is 0. The fourth-order valence-corrected chi connectivity index (χ4v) is 3.10. The Bertz CT molecular complexity index is 1170. The van der Waals surface area contributed by atoms with Crippen molar-refractivity contribution in [3.63, 3.8) is 0 Å². The van der Waals surface area contributed by atoms with Crippen LogP contribution in [0.1, 0.15) is 52.5 Å². The summed E-state index contributed by atoms with van der Waals surface area (Å²) in [6, 6.07) is 24.0. The highest BCUT2D eigenvalue weighted by Crippen LogP contribution is 2.17. The van der Waals surface area contributed by atoms with Crippen LogP contribution in [-0.4, -0.2) is 24.3 Å². The second-order valence-corrected chi connectivity index (χ2v) is 7.56. The van der Waals surface area contributed by atoms with Gasteiger partial charge >= 0.3 is 5.97 Å². The van der Waals surface area contributed by atoms with Crippen LogP contribution in [0.3, 0.4) is 0 Å². The van der Waals surface area contributed by atoms with E-state index in [-0.39, 0.29) is 12.2 Å². The Kier molecular flexibility index (Phi) is 9.17. The lowest BCUT2D eigenvalue weighted by molar-refractivity contribution is -0.138. The van der Waals surface area contributed by atoms with Gasteiger partial charge in [0.2, 0.25) is 0 Å². The second-order valence-electron chi connectivity index (χ2n) is 7.56. The summed E-state index contributed by atoms with van der Waals surface area (Å²) in [5.74, 6) is -1.57. The van der Waals surface area contributed by atoms with Crippen molar-refractivity contribution in [3.8, 4) is 0 Å². The number of esters is 1. The number of ether oxygens (including phenoxy) is 1. The van der Waals surface area contributed by atoms with Crippen molar-refractivity contribution in [2.75, 3.05) is 6.61 Å². The number of unbranched alkanes of at least 4 members (excludes halogenated alkanes) is 2. The van der Waals surface area contributed by atoms with Crippen LogP contribution in [0.15, 0.2) is 101 Å². The van der Waals surface area contributed by atoms with Gasteiger partial charge in [0.05, 0.1) is 12.3 Å². The maximum absolute atomic E-state index is 13.0. The number of carbonyl (C=O) groups is 3. The molecule has 172 valence electrons. The minimum atomic E-state index is -0.665. The fourth-order valence-electron chi connectivity index (χ4n) is 3.10. The first-order chi connectivity index (χ1) is 16.6. The summed E-state index contributed by atoms with van der Waals surface area (Å²) in [5.41, 5.74) is 1.84. The Morgan fingerprint density at radius 2 is 1.44 bits per heavy atom. The van der Waals surface area contributed by atoms with Crippen molar-refractivity contribution in [1.29, 1.82) is 0 Å².